The predicted molar refractivity (Wildman–Crippen MR) is 36.2 cm³/mol. The van der Waals surface area contributed by atoms with E-state index in [4.69, 9.17) is 10.2 Å². The van der Waals surface area contributed by atoms with Crippen molar-refractivity contribution in [3.05, 3.63) is 11.6 Å². The molecule has 6 heteroatoms. The lowest BCUT2D eigenvalue weighted by molar-refractivity contribution is -0.152. The van der Waals surface area contributed by atoms with E-state index in [-0.39, 0.29) is 12.1 Å². The zero-order chi connectivity index (χ0) is 9.14. The number of hydrogen-bond donors (Lipinski definition) is 3. The van der Waals surface area contributed by atoms with Crippen LogP contribution in [0, 0.1) is 0 Å². The maximum absolute atomic E-state index is 10.4. The van der Waals surface area contributed by atoms with Crippen molar-refractivity contribution in [1.82, 2.24) is 5.48 Å². The highest BCUT2D eigenvalue weighted by molar-refractivity contribution is 5.89. The van der Waals surface area contributed by atoms with Crippen LogP contribution in [0.15, 0.2) is 11.6 Å². The van der Waals surface area contributed by atoms with Gasteiger partial charge in [-0.1, -0.05) is 0 Å². The standard InChI is InChI=1S/C6H7NO5/c8-5(9)3-1-4(6(10)11)12-7-2-3/h1,4,7H,2H2,(H,8,9)(H,10,11). The van der Waals surface area contributed by atoms with Gasteiger partial charge in [0.15, 0.2) is 6.10 Å². The van der Waals surface area contributed by atoms with Crippen LogP contribution in [0.5, 0.6) is 0 Å². The van der Waals surface area contributed by atoms with Crippen molar-refractivity contribution in [1.29, 1.82) is 0 Å². The lowest BCUT2D eigenvalue weighted by atomic mass is 10.2. The van der Waals surface area contributed by atoms with Gasteiger partial charge < -0.3 is 10.2 Å². The van der Waals surface area contributed by atoms with Gasteiger partial charge in [-0.2, -0.15) is 5.48 Å². The molecule has 3 N–H and O–H groups in total. The minimum atomic E-state index is -1.22. The Bertz CT molecular complexity index is 246. The molecule has 1 aliphatic heterocycles. The van der Waals surface area contributed by atoms with Gasteiger partial charge >= 0.3 is 11.9 Å². The van der Waals surface area contributed by atoms with E-state index in [1.807, 2.05) is 0 Å². The van der Waals surface area contributed by atoms with E-state index in [1.165, 1.54) is 0 Å². The average Bonchev–Trinajstić information content (AvgIpc) is 2.04. The van der Waals surface area contributed by atoms with Crippen molar-refractivity contribution in [2.75, 3.05) is 6.54 Å². The number of nitrogens with one attached hydrogen (secondary N) is 1. The normalized spacial score (nSPS) is 23.0. The van der Waals surface area contributed by atoms with Crippen molar-refractivity contribution in [2.45, 2.75) is 6.10 Å². The molecule has 12 heavy (non-hydrogen) atoms. The maximum Gasteiger partial charge on any atom is 0.339 e. The molecule has 1 atom stereocenters. The number of hydrogen-bond acceptors (Lipinski definition) is 4. The van der Waals surface area contributed by atoms with E-state index in [0.29, 0.717) is 0 Å². The van der Waals surface area contributed by atoms with Crippen molar-refractivity contribution in [3.8, 4) is 0 Å². The Morgan fingerprint density at radius 2 is 2.25 bits per heavy atom. The Hall–Kier alpha value is -1.40. The Labute approximate surface area is 67.4 Å². The lowest BCUT2D eigenvalue weighted by Crippen LogP contribution is -2.36. The fourth-order valence-electron chi connectivity index (χ4n) is 0.753. The summed E-state index contributed by atoms with van der Waals surface area (Å²) in [6.07, 6.45) is -0.161. The van der Waals surface area contributed by atoms with Crippen LogP contribution in [0.2, 0.25) is 0 Å². The summed E-state index contributed by atoms with van der Waals surface area (Å²) >= 11 is 0. The molecule has 66 valence electrons. The van der Waals surface area contributed by atoms with Crippen LogP contribution < -0.4 is 5.48 Å². The van der Waals surface area contributed by atoms with E-state index in [1.54, 1.807) is 0 Å². The van der Waals surface area contributed by atoms with E-state index < -0.39 is 18.0 Å². The lowest BCUT2D eigenvalue weighted by Gasteiger charge is -2.16. The van der Waals surface area contributed by atoms with E-state index in [0.717, 1.165) is 6.08 Å². The predicted octanol–water partition coefficient (Wildman–Crippen LogP) is -1.01. The second-order valence-corrected chi connectivity index (χ2v) is 2.19. The summed E-state index contributed by atoms with van der Waals surface area (Å²) in [5.41, 5.74) is 2.21. The van der Waals surface area contributed by atoms with E-state index in [9.17, 15) is 9.59 Å². The van der Waals surface area contributed by atoms with Crippen LogP contribution in [0.4, 0.5) is 0 Å². The minimum absolute atomic E-state index is 0.00588. The Morgan fingerprint density at radius 3 is 2.75 bits per heavy atom. The fourth-order valence-corrected chi connectivity index (χ4v) is 0.753. The molecule has 0 saturated carbocycles. The third-order valence-corrected chi connectivity index (χ3v) is 1.34. The topological polar surface area (TPSA) is 95.9 Å². The molecule has 0 aromatic rings. The van der Waals surface area contributed by atoms with E-state index >= 15 is 0 Å². The molecule has 1 rings (SSSR count). The first kappa shape index (κ1) is 8.69. The fraction of sp³-hybridized carbons (Fsp3) is 0.333. The van der Waals surface area contributed by atoms with Crippen molar-refractivity contribution < 1.29 is 24.6 Å². The summed E-state index contributed by atoms with van der Waals surface area (Å²) in [4.78, 5) is 25.2. The summed E-state index contributed by atoms with van der Waals surface area (Å²) < 4.78 is 0. The summed E-state index contributed by atoms with van der Waals surface area (Å²) in [5.74, 6) is -2.36. The van der Waals surface area contributed by atoms with Crippen molar-refractivity contribution in [3.63, 3.8) is 0 Å². The molecule has 0 amide bonds. The summed E-state index contributed by atoms with van der Waals surface area (Å²) in [6.45, 7) is 0.0130. The maximum atomic E-state index is 10.4. The summed E-state index contributed by atoms with van der Waals surface area (Å²) in [5, 5.41) is 16.9. The van der Waals surface area contributed by atoms with Crippen molar-refractivity contribution >= 4 is 11.9 Å². The number of carboxylic acid groups (broad SMARTS) is 2. The molecule has 1 unspecified atom stereocenters. The molecule has 0 radical (unpaired) electrons. The van der Waals surface area contributed by atoms with Gasteiger partial charge in [0, 0.05) is 0 Å². The van der Waals surface area contributed by atoms with Crippen LogP contribution in [0.25, 0.3) is 0 Å². The minimum Gasteiger partial charge on any atom is -0.479 e. The smallest absolute Gasteiger partial charge is 0.339 e. The van der Waals surface area contributed by atoms with Crippen LogP contribution in [-0.4, -0.2) is 34.8 Å². The highest BCUT2D eigenvalue weighted by Crippen LogP contribution is 2.05. The van der Waals surface area contributed by atoms with Gasteiger partial charge in [-0.05, 0) is 6.08 Å². The van der Waals surface area contributed by atoms with Crippen LogP contribution in [0.3, 0.4) is 0 Å². The largest absolute Gasteiger partial charge is 0.479 e. The molecular formula is C6H7NO5. The highest BCUT2D eigenvalue weighted by atomic mass is 16.7. The molecular weight excluding hydrogens is 166 g/mol. The first-order valence-electron chi connectivity index (χ1n) is 3.16. The molecule has 0 aromatic heterocycles. The second kappa shape index (κ2) is 3.33. The molecule has 0 saturated heterocycles. The zero-order valence-electron chi connectivity index (χ0n) is 5.98. The Kier molecular flexibility index (Phi) is 2.41. The monoisotopic (exact) mass is 173 g/mol. The van der Waals surface area contributed by atoms with Crippen LogP contribution >= 0.6 is 0 Å². The van der Waals surface area contributed by atoms with Gasteiger partial charge in [-0.25, -0.2) is 9.59 Å². The number of carboxylic acids is 2. The third kappa shape index (κ3) is 1.80. The molecule has 6 nitrogen and oxygen atoms in total. The molecule has 1 heterocycles. The number of aliphatic carboxylic acids is 2. The van der Waals surface area contributed by atoms with Gasteiger partial charge in [-0.15, -0.1) is 0 Å². The molecule has 0 bridgehead atoms. The first-order chi connectivity index (χ1) is 5.61. The number of hydroxylamine groups is 1. The Balaban J connectivity index is 2.76. The second-order valence-electron chi connectivity index (χ2n) is 2.19. The van der Waals surface area contributed by atoms with E-state index in [2.05, 4.69) is 10.3 Å². The zero-order valence-corrected chi connectivity index (χ0v) is 5.98. The van der Waals surface area contributed by atoms with Gasteiger partial charge in [0.25, 0.3) is 0 Å². The average molecular weight is 173 g/mol. The molecule has 1 aliphatic rings. The van der Waals surface area contributed by atoms with Gasteiger partial charge in [0.05, 0.1) is 12.1 Å². The molecule has 0 spiro atoms. The third-order valence-electron chi connectivity index (χ3n) is 1.34. The molecule has 0 fully saturated rings. The molecule has 0 aromatic carbocycles. The SMILES string of the molecule is O=C(O)C1=CC(C(=O)O)ONC1. The summed E-state index contributed by atoms with van der Waals surface area (Å²) in [6, 6.07) is 0. The number of carbonyl (C=O) groups is 2. The van der Waals surface area contributed by atoms with Gasteiger partial charge in [0.1, 0.15) is 0 Å². The quantitative estimate of drug-likeness (QED) is 0.495. The van der Waals surface area contributed by atoms with Gasteiger partial charge in [-0.3, -0.25) is 4.84 Å². The molecule has 0 aliphatic carbocycles. The van der Waals surface area contributed by atoms with Crippen molar-refractivity contribution in [2.24, 2.45) is 0 Å². The number of rotatable bonds is 2. The Morgan fingerprint density at radius 1 is 1.58 bits per heavy atom. The van der Waals surface area contributed by atoms with Crippen LogP contribution in [-0.2, 0) is 14.4 Å². The highest BCUT2D eigenvalue weighted by Gasteiger charge is 2.23. The first-order valence-corrected chi connectivity index (χ1v) is 3.16. The van der Waals surface area contributed by atoms with Gasteiger partial charge in [0.2, 0.25) is 0 Å². The van der Waals surface area contributed by atoms with Crippen LogP contribution in [0.1, 0.15) is 0 Å². The summed E-state index contributed by atoms with van der Waals surface area (Å²) in [7, 11) is 0.